The number of aryl methyl sites for hydroxylation is 1. The van der Waals surface area contributed by atoms with Crippen LogP contribution >= 0.6 is 15.9 Å². The Morgan fingerprint density at radius 1 is 1.44 bits per heavy atom. The third-order valence-corrected chi connectivity index (χ3v) is 4.01. The third kappa shape index (κ3) is 4.10. The summed E-state index contributed by atoms with van der Waals surface area (Å²) in [5.41, 5.74) is 1.59. The van der Waals surface area contributed by atoms with E-state index in [1.807, 2.05) is 32.9 Å². The maximum atomic E-state index is 12.1. The van der Waals surface area contributed by atoms with E-state index in [0.29, 0.717) is 18.5 Å². The van der Waals surface area contributed by atoms with Gasteiger partial charge in [-0.3, -0.25) is 4.79 Å². The summed E-state index contributed by atoms with van der Waals surface area (Å²) in [5, 5.41) is 11.9. The molecule has 0 radical (unpaired) electrons. The number of hydrogen-bond donors (Lipinski definition) is 2. The Morgan fingerprint density at radius 3 is 2.72 bits per heavy atom. The molecule has 2 N–H and O–H groups in total. The summed E-state index contributed by atoms with van der Waals surface area (Å²) in [6, 6.07) is 5.62. The lowest BCUT2D eigenvalue weighted by atomic mass is 9.89. The van der Waals surface area contributed by atoms with Crippen LogP contribution in [0, 0.1) is 12.3 Å². The van der Waals surface area contributed by atoms with Crippen LogP contribution < -0.4 is 5.32 Å². The van der Waals surface area contributed by atoms with E-state index in [2.05, 4.69) is 21.2 Å². The average Bonchev–Trinajstić information content (AvgIpc) is 2.30. The van der Waals surface area contributed by atoms with Gasteiger partial charge in [0.15, 0.2) is 0 Å². The molecule has 0 aromatic heterocycles. The maximum Gasteiger partial charge on any atom is 0.252 e. The number of rotatable bonds is 5. The molecule has 1 aromatic carbocycles. The number of benzene rings is 1. The van der Waals surface area contributed by atoms with Crippen molar-refractivity contribution >= 4 is 21.8 Å². The van der Waals surface area contributed by atoms with Crippen molar-refractivity contribution in [3.05, 3.63) is 33.8 Å². The quantitative estimate of drug-likeness (QED) is 0.878. The van der Waals surface area contributed by atoms with Gasteiger partial charge in [0.05, 0.1) is 5.56 Å². The number of hydrogen-bond acceptors (Lipinski definition) is 2. The van der Waals surface area contributed by atoms with E-state index in [9.17, 15) is 4.79 Å². The Kier molecular flexibility index (Phi) is 5.35. The third-order valence-electron chi connectivity index (χ3n) is 2.95. The van der Waals surface area contributed by atoms with Crippen LogP contribution in [0.1, 0.15) is 36.2 Å². The molecule has 4 heteroatoms. The molecular weight excluding hydrogens is 294 g/mol. The fourth-order valence-corrected chi connectivity index (χ4v) is 2.07. The van der Waals surface area contributed by atoms with E-state index in [-0.39, 0.29) is 17.9 Å². The summed E-state index contributed by atoms with van der Waals surface area (Å²) >= 11 is 3.43. The Morgan fingerprint density at radius 2 is 2.11 bits per heavy atom. The van der Waals surface area contributed by atoms with Gasteiger partial charge in [-0.1, -0.05) is 26.0 Å². The molecule has 3 nitrogen and oxygen atoms in total. The van der Waals surface area contributed by atoms with Gasteiger partial charge in [-0.2, -0.15) is 0 Å². The van der Waals surface area contributed by atoms with Crippen LogP contribution in [0.3, 0.4) is 0 Å². The topological polar surface area (TPSA) is 49.3 Å². The van der Waals surface area contributed by atoms with Gasteiger partial charge in [0.1, 0.15) is 0 Å². The molecule has 1 aromatic rings. The lowest BCUT2D eigenvalue weighted by Crippen LogP contribution is -2.34. The molecule has 0 aliphatic carbocycles. The monoisotopic (exact) mass is 313 g/mol. The second-order valence-corrected chi connectivity index (χ2v) is 6.05. The van der Waals surface area contributed by atoms with Gasteiger partial charge in [0.25, 0.3) is 5.91 Å². The molecule has 0 aliphatic heterocycles. The van der Waals surface area contributed by atoms with Crippen molar-refractivity contribution in [1.29, 1.82) is 0 Å². The summed E-state index contributed by atoms with van der Waals surface area (Å²) in [6.07, 6.45) is 0.669. The number of halogens is 1. The molecule has 0 fully saturated rings. The van der Waals surface area contributed by atoms with Crippen LogP contribution in [0.15, 0.2) is 22.7 Å². The molecule has 1 amide bonds. The Hall–Kier alpha value is -0.870. The summed E-state index contributed by atoms with van der Waals surface area (Å²) in [4.78, 5) is 12.1. The predicted molar refractivity (Wildman–Crippen MR) is 76.7 cm³/mol. The molecule has 1 rings (SSSR count). The first-order valence-corrected chi connectivity index (χ1v) is 6.81. The highest BCUT2D eigenvalue weighted by molar-refractivity contribution is 9.10. The number of aliphatic hydroxyl groups excluding tert-OH is 1. The number of amides is 1. The van der Waals surface area contributed by atoms with Gasteiger partial charge < -0.3 is 10.4 Å². The zero-order valence-electron chi connectivity index (χ0n) is 11.1. The molecule has 0 aliphatic rings. The van der Waals surface area contributed by atoms with Crippen molar-refractivity contribution in [3.63, 3.8) is 0 Å². The molecule has 0 unspecified atom stereocenters. The zero-order valence-corrected chi connectivity index (χ0v) is 12.7. The molecule has 0 heterocycles. The smallest absolute Gasteiger partial charge is 0.252 e. The van der Waals surface area contributed by atoms with Crippen molar-refractivity contribution in [3.8, 4) is 0 Å². The minimum atomic E-state index is -0.0965. The SMILES string of the molecule is Cc1cccc(C(=O)NCC(C)(C)CCO)c1Br. The fraction of sp³-hybridized carbons (Fsp3) is 0.500. The van der Waals surface area contributed by atoms with Crippen LogP contribution in [0.4, 0.5) is 0 Å². The zero-order chi connectivity index (χ0) is 13.8. The minimum Gasteiger partial charge on any atom is -0.396 e. The van der Waals surface area contributed by atoms with E-state index < -0.39 is 0 Å². The van der Waals surface area contributed by atoms with Crippen LogP contribution in [0.25, 0.3) is 0 Å². The van der Waals surface area contributed by atoms with E-state index >= 15 is 0 Å². The lowest BCUT2D eigenvalue weighted by molar-refractivity contribution is 0.0927. The van der Waals surface area contributed by atoms with Crippen molar-refractivity contribution in [2.45, 2.75) is 27.2 Å². The highest BCUT2D eigenvalue weighted by Crippen LogP contribution is 2.22. The molecule has 0 bridgehead atoms. The van der Waals surface area contributed by atoms with Crippen LogP contribution in [-0.2, 0) is 0 Å². The standard InChI is InChI=1S/C14H20BrNO2/c1-10-5-4-6-11(12(10)15)13(18)16-9-14(2,3)7-8-17/h4-6,17H,7-9H2,1-3H3,(H,16,18). The van der Waals surface area contributed by atoms with Gasteiger partial charge in [-0.25, -0.2) is 0 Å². The Labute approximate surface area is 117 Å². The van der Waals surface area contributed by atoms with E-state index in [0.717, 1.165) is 10.0 Å². The summed E-state index contributed by atoms with van der Waals surface area (Å²) < 4.78 is 0.836. The Balaban J connectivity index is 2.69. The maximum absolute atomic E-state index is 12.1. The first-order chi connectivity index (χ1) is 8.37. The first-order valence-electron chi connectivity index (χ1n) is 6.01. The van der Waals surface area contributed by atoms with Crippen molar-refractivity contribution in [2.24, 2.45) is 5.41 Å². The molecule has 0 saturated heterocycles. The molecule has 100 valence electrons. The summed E-state index contributed by atoms with van der Waals surface area (Å²) in [6.45, 7) is 6.68. The van der Waals surface area contributed by atoms with Crippen LogP contribution in [0.2, 0.25) is 0 Å². The van der Waals surface area contributed by atoms with E-state index in [1.54, 1.807) is 6.07 Å². The number of carbonyl (C=O) groups is 1. The minimum absolute atomic E-state index is 0.0865. The molecule has 0 spiro atoms. The van der Waals surface area contributed by atoms with Crippen molar-refractivity contribution < 1.29 is 9.90 Å². The summed E-state index contributed by atoms with van der Waals surface area (Å²) in [5.74, 6) is -0.0865. The number of nitrogens with one attached hydrogen (secondary N) is 1. The van der Waals surface area contributed by atoms with Gasteiger partial charge in [0, 0.05) is 17.6 Å². The van der Waals surface area contributed by atoms with Gasteiger partial charge in [0.2, 0.25) is 0 Å². The second-order valence-electron chi connectivity index (χ2n) is 5.26. The molecule has 18 heavy (non-hydrogen) atoms. The predicted octanol–water partition coefficient (Wildman–Crippen LogP) is 2.90. The van der Waals surface area contributed by atoms with Gasteiger partial charge in [-0.15, -0.1) is 0 Å². The molecule has 0 saturated carbocycles. The Bertz CT molecular complexity index is 430. The fourth-order valence-electron chi connectivity index (χ4n) is 1.63. The first kappa shape index (κ1) is 15.2. The average molecular weight is 314 g/mol. The van der Waals surface area contributed by atoms with Crippen molar-refractivity contribution in [1.82, 2.24) is 5.32 Å². The van der Waals surface area contributed by atoms with Crippen LogP contribution in [0.5, 0.6) is 0 Å². The normalized spacial score (nSPS) is 11.4. The van der Waals surface area contributed by atoms with Crippen LogP contribution in [-0.4, -0.2) is 24.2 Å². The van der Waals surface area contributed by atoms with E-state index in [4.69, 9.17) is 5.11 Å². The summed E-state index contributed by atoms with van der Waals surface area (Å²) in [7, 11) is 0. The van der Waals surface area contributed by atoms with Gasteiger partial charge in [-0.05, 0) is 46.3 Å². The largest absolute Gasteiger partial charge is 0.396 e. The second kappa shape index (κ2) is 6.34. The number of aliphatic hydroxyl groups is 1. The highest BCUT2D eigenvalue weighted by Gasteiger charge is 2.19. The van der Waals surface area contributed by atoms with Crippen molar-refractivity contribution in [2.75, 3.05) is 13.2 Å². The molecular formula is C14H20BrNO2. The van der Waals surface area contributed by atoms with E-state index in [1.165, 1.54) is 0 Å². The van der Waals surface area contributed by atoms with Gasteiger partial charge >= 0.3 is 0 Å². The highest BCUT2D eigenvalue weighted by atomic mass is 79.9. The molecule has 0 atom stereocenters. The lowest BCUT2D eigenvalue weighted by Gasteiger charge is -2.24. The number of carbonyl (C=O) groups excluding carboxylic acids is 1.